The predicted octanol–water partition coefficient (Wildman–Crippen LogP) is 6.28. The molecule has 6 rings (SSSR count). The van der Waals surface area contributed by atoms with Gasteiger partial charge in [0, 0.05) is 49.0 Å². The molecule has 1 saturated heterocycles. The van der Waals surface area contributed by atoms with Crippen LogP contribution in [0, 0.1) is 17.1 Å². The largest absolute Gasteiger partial charge is 0.451 e. The van der Waals surface area contributed by atoms with Crippen molar-refractivity contribution in [2.75, 3.05) is 18.4 Å². The number of carbonyl (C=O) groups excluding carboxylic acids is 2. The molecule has 3 aromatic carbocycles. The van der Waals surface area contributed by atoms with Crippen molar-refractivity contribution in [2.45, 2.75) is 25.4 Å². The molecule has 0 radical (unpaired) electrons. The van der Waals surface area contributed by atoms with E-state index >= 15 is 0 Å². The van der Waals surface area contributed by atoms with Crippen molar-refractivity contribution in [3.63, 3.8) is 0 Å². The number of nitriles is 1. The standard InChI is InChI=1S/C34H28FN5O4/c35-26-6-9-29(10-7-26)43-32-12-5-24(20-37-32)33(41)39-28-8-11-30-25(17-28)18-31(44-30)34(42)38-27-13-15-40(16-14-27)21-23-3-1-22(19-36)2-4-23/h1-12,17-18,20,27H,13-16,21H2,(H,38,42)(H,39,41). The van der Waals surface area contributed by atoms with Crippen LogP contribution in [0.25, 0.3) is 11.0 Å². The molecule has 1 aliphatic rings. The van der Waals surface area contributed by atoms with Gasteiger partial charge in [-0.15, -0.1) is 0 Å². The van der Waals surface area contributed by atoms with Gasteiger partial charge >= 0.3 is 0 Å². The van der Waals surface area contributed by atoms with Crippen molar-refractivity contribution in [1.82, 2.24) is 15.2 Å². The molecule has 3 heterocycles. The van der Waals surface area contributed by atoms with Crippen LogP contribution in [0.5, 0.6) is 11.6 Å². The number of hydrogen-bond acceptors (Lipinski definition) is 7. The summed E-state index contributed by atoms with van der Waals surface area (Å²) in [7, 11) is 0. The smallest absolute Gasteiger partial charge is 0.287 e. The van der Waals surface area contributed by atoms with Gasteiger partial charge in [-0.3, -0.25) is 14.5 Å². The Morgan fingerprint density at radius 1 is 0.977 bits per heavy atom. The summed E-state index contributed by atoms with van der Waals surface area (Å²) < 4.78 is 24.5. The number of pyridine rings is 1. The summed E-state index contributed by atoms with van der Waals surface area (Å²) >= 11 is 0. The normalized spacial score (nSPS) is 13.7. The predicted molar refractivity (Wildman–Crippen MR) is 162 cm³/mol. The molecule has 220 valence electrons. The topological polar surface area (TPSA) is 120 Å². The number of halogens is 1. The Hall–Kier alpha value is -5.53. The number of furan rings is 1. The minimum atomic E-state index is -0.366. The van der Waals surface area contributed by atoms with Crippen LogP contribution in [0.1, 0.15) is 44.9 Å². The molecular formula is C34H28FN5O4. The van der Waals surface area contributed by atoms with Gasteiger partial charge in [-0.25, -0.2) is 9.37 Å². The van der Waals surface area contributed by atoms with Gasteiger partial charge in [0.25, 0.3) is 11.8 Å². The Bertz CT molecular complexity index is 1820. The van der Waals surface area contributed by atoms with Crippen LogP contribution in [0.15, 0.2) is 95.5 Å². The Kier molecular flexibility index (Phi) is 8.30. The second-order valence-corrected chi connectivity index (χ2v) is 10.6. The molecule has 44 heavy (non-hydrogen) atoms. The Balaban J connectivity index is 1.01. The van der Waals surface area contributed by atoms with E-state index < -0.39 is 0 Å². The summed E-state index contributed by atoms with van der Waals surface area (Å²) in [6.45, 7) is 2.52. The van der Waals surface area contributed by atoms with Crippen LogP contribution < -0.4 is 15.4 Å². The monoisotopic (exact) mass is 589 g/mol. The van der Waals surface area contributed by atoms with Crippen LogP contribution in [0.4, 0.5) is 10.1 Å². The molecule has 1 fully saturated rings. The lowest BCUT2D eigenvalue weighted by Gasteiger charge is -2.32. The van der Waals surface area contributed by atoms with Crippen LogP contribution in [-0.2, 0) is 6.54 Å². The molecule has 0 unspecified atom stereocenters. The number of likely N-dealkylation sites (tertiary alicyclic amines) is 1. The lowest BCUT2D eigenvalue weighted by atomic mass is 10.0. The molecule has 1 aliphatic heterocycles. The fourth-order valence-electron chi connectivity index (χ4n) is 5.07. The third-order valence-electron chi connectivity index (χ3n) is 7.44. The highest BCUT2D eigenvalue weighted by Crippen LogP contribution is 2.25. The molecule has 0 atom stereocenters. The van der Waals surface area contributed by atoms with E-state index in [0.29, 0.717) is 33.5 Å². The molecule has 2 N–H and O–H groups in total. The van der Waals surface area contributed by atoms with Crippen molar-refractivity contribution < 1.29 is 23.1 Å². The number of nitrogens with one attached hydrogen (secondary N) is 2. The molecular weight excluding hydrogens is 561 g/mol. The highest BCUT2D eigenvalue weighted by atomic mass is 19.1. The number of aromatic nitrogens is 1. The van der Waals surface area contributed by atoms with Gasteiger partial charge in [-0.05, 0) is 85.1 Å². The average Bonchev–Trinajstić information content (AvgIpc) is 3.48. The Morgan fingerprint density at radius 2 is 1.75 bits per heavy atom. The fraction of sp³-hybridized carbons (Fsp3) is 0.176. The van der Waals surface area contributed by atoms with E-state index in [1.165, 1.54) is 30.5 Å². The van der Waals surface area contributed by atoms with E-state index in [0.717, 1.165) is 38.0 Å². The zero-order valence-electron chi connectivity index (χ0n) is 23.6. The van der Waals surface area contributed by atoms with E-state index in [1.54, 1.807) is 36.4 Å². The Morgan fingerprint density at radius 3 is 2.45 bits per heavy atom. The summed E-state index contributed by atoms with van der Waals surface area (Å²) in [5.41, 5.74) is 3.21. The number of nitrogens with zero attached hydrogens (tertiary/aromatic N) is 3. The number of hydrogen-bond donors (Lipinski definition) is 2. The average molecular weight is 590 g/mol. The number of benzene rings is 3. The first kappa shape index (κ1) is 28.6. The highest BCUT2D eigenvalue weighted by molar-refractivity contribution is 6.05. The van der Waals surface area contributed by atoms with Crippen molar-refractivity contribution in [3.8, 4) is 17.7 Å². The molecule has 0 spiro atoms. The number of amides is 2. The first-order valence-corrected chi connectivity index (χ1v) is 14.2. The maximum absolute atomic E-state index is 13.1. The van der Waals surface area contributed by atoms with Gasteiger partial charge in [0.1, 0.15) is 17.1 Å². The minimum absolute atomic E-state index is 0.0452. The molecule has 5 aromatic rings. The van der Waals surface area contributed by atoms with Crippen LogP contribution >= 0.6 is 0 Å². The van der Waals surface area contributed by atoms with Crippen molar-refractivity contribution in [2.24, 2.45) is 0 Å². The molecule has 0 aliphatic carbocycles. The SMILES string of the molecule is N#Cc1ccc(CN2CCC(NC(=O)c3cc4cc(NC(=O)c5ccc(Oc6ccc(F)cc6)nc5)ccc4o3)CC2)cc1. The highest BCUT2D eigenvalue weighted by Gasteiger charge is 2.23. The number of piperidine rings is 1. The number of ether oxygens (including phenoxy) is 1. The van der Waals surface area contributed by atoms with E-state index in [-0.39, 0.29) is 35.3 Å². The van der Waals surface area contributed by atoms with Gasteiger partial charge in [-0.1, -0.05) is 12.1 Å². The first-order valence-electron chi connectivity index (χ1n) is 14.2. The van der Waals surface area contributed by atoms with Crippen LogP contribution in [0.2, 0.25) is 0 Å². The van der Waals surface area contributed by atoms with E-state index in [2.05, 4.69) is 26.6 Å². The van der Waals surface area contributed by atoms with Gasteiger partial charge in [-0.2, -0.15) is 5.26 Å². The molecule has 0 bridgehead atoms. The molecule has 10 heteroatoms. The lowest BCUT2D eigenvalue weighted by Crippen LogP contribution is -2.44. The number of carbonyl (C=O) groups is 2. The maximum Gasteiger partial charge on any atom is 0.287 e. The van der Waals surface area contributed by atoms with Crippen molar-refractivity contribution in [3.05, 3.63) is 119 Å². The van der Waals surface area contributed by atoms with Crippen LogP contribution in [-0.4, -0.2) is 40.8 Å². The lowest BCUT2D eigenvalue weighted by molar-refractivity contribution is 0.0883. The third kappa shape index (κ3) is 6.91. The summed E-state index contributed by atoms with van der Waals surface area (Å²) in [4.78, 5) is 32.3. The van der Waals surface area contributed by atoms with Crippen LogP contribution in [0.3, 0.4) is 0 Å². The first-order chi connectivity index (χ1) is 21.4. The summed E-state index contributed by atoms with van der Waals surface area (Å²) in [5, 5.41) is 15.6. The van der Waals surface area contributed by atoms with Crippen molar-refractivity contribution >= 4 is 28.5 Å². The number of anilines is 1. The second-order valence-electron chi connectivity index (χ2n) is 10.6. The van der Waals surface area contributed by atoms with Gasteiger partial charge in [0.15, 0.2) is 5.76 Å². The van der Waals surface area contributed by atoms with E-state index in [4.69, 9.17) is 14.4 Å². The zero-order valence-corrected chi connectivity index (χ0v) is 23.6. The molecule has 2 amide bonds. The fourth-order valence-corrected chi connectivity index (χ4v) is 5.07. The zero-order chi connectivity index (χ0) is 30.5. The molecule has 0 saturated carbocycles. The van der Waals surface area contributed by atoms with E-state index in [9.17, 15) is 14.0 Å². The molecule has 9 nitrogen and oxygen atoms in total. The van der Waals surface area contributed by atoms with Gasteiger partial charge in [0.05, 0.1) is 17.2 Å². The number of rotatable bonds is 8. The van der Waals surface area contributed by atoms with Gasteiger partial charge in [0.2, 0.25) is 5.88 Å². The van der Waals surface area contributed by atoms with Crippen molar-refractivity contribution in [1.29, 1.82) is 5.26 Å². The summed E-state index contributed by atoms with van der Waals surface area (Å²) in [6, 6.07) is 25.3. The Labute approximate surface area is 252 Å². The maximum atomic E-state index is 13.1. The summed E-state index contributed by atoms with van der Waals surface area (Å²) in [6.07, 6.45) is 3.05. The quantitative estimate of drug-likeness (QED) is 0.219. The summed E-state index contributed by atoms with van der Waals surface area (Å²) in [5.74, 6) is -0.0883. The number of fused-ring (bicyclic) bond motifs is 1. The minimum Gasteiger partial charge on any atom is -0.451 e. The van der Waals surface area contributed by atoms with Gasteiger partial charge < -0.3 is 19.8 Å². The molecule has 2 aromatic heterocycles. The second kappa shape index (κ2) is 12.8. The van der Waals surface area contributed by atoms with E-state index in [1.807, 2.05) is 24.3 Å². The third-order valence-corrected chi connectivity index (χ3v) is 7.44.